The molecular weight excluding hydrogens is 318 g/mol. The Morgan fingerprint density at radius 1 is 1.46 bits per heavy atom. The van der Waals surface area contributed by atoms with Gasteiger partial charge in [-0.3, -0.25) is 4.68 Å². The molecule has 2 amide bonds. The molecule has 0 bridgehead atoms. The molecule has 134 valence electrons. The molecular formula is C16H24F2N4O2. The average molecular weight is 342 g/mol. The van der Waals surface area contributed by atoms with Crippen LogP contribution in [0.2, 0.25) is 0 Å². The number of halogens is 2. The summed E-state index contributed by atoms with van der Waals surface area (Å²) < 4.78 is 31.3. The highest BCUT2D eigenvalue weighted by Gasteiger charge is 2.55. The van der Waals surface area contributed by atoms with Gasteiger partial charge in [0.15, 0.2) is 0 Å². The third kappa shape index (κ3) is 3.24. The lowest BCUT2D eigenvalue weighted by Gasteiger charge is -2.60. The second-order valence-electron chi connectivity index (χ2n) is 7.06. The van der Waals surface area contributed by atoms with E-state index in [9.17, 15) is 13.6 Å². The van der Waals surface area contributed by atoms with Gasteiger partial charge in [-0.1, -0.05) is 13.8 Å². The molecule has 2 aliphatic rings. The molecule has 0 aromatic carbocycles. The monoisotopic (exact) mass is 342 g/mol. The van der Waals surface area contributed by atoms with Gasteiger partial charge >= 0.3 is 6.03 Å². The zero-order valence-electron chi connectivity index (χ0n) is 14.0. The summed E-state index contributed by atoms with van der Waals surface area (Å²) in [5.74, 6) is 0.351. The minimum absolute atomic E-state index is 0.156. The third-order valence-electron chi connectivity index (χ3n) is 5.04. The van der Waals surface area contributed by atoms with Crippen molar-refractivity contribution in [3.05, 3.63) is 12.4 Å². The molecule has 1 unspecified atom stereocenters. The molecule has 6 nitrogen and oxygen atoms in total. The van der Waals surface area contributed by atoms with E-state index in [0.717, 1.165) is 37.3 Å². The van der Waals surface area contributed by atoms with E-state index < -0.39 is 13.0 Å². The maximum Gasteiger partial charge on any atom is 0.322 e. The van der Waals surface area contributed by atoms with Crippen LogP contribution in [0.1, 0.15) is 26.7 Å². The normalized spacial score (nSPS) is 22.9. The van der Waals surface area contributed by atoms with Gasteiger partial charge in [0, 0.05) is 37.4 Å². The number of amides is 2. The van der Waals surface area contributed by atoms with Gasteiger partial charge in [0.2, 0.25) is 0 Å². The van der Waals surface area contributed by atoms with Gasteiger partial charge in [-0.05, 0) is 18.8 Å². The van der Waals surface area contributed by atoms with E-state index in [1.807, 2.05) is 4.90 Å². The lowest BCUT2D eigenvalue weighted by molar-refractivity contribution is -0.122. The number of ether oxygens (including phenoxy) is 1. The van der Waals surface area contributed by atoms with Crippen LogP contribution >= 0.6 is 0 Å². The molecule has 8 heteroatoms. The van der Waals surface area contributed by atoms with Crippen LogP contribution in [0.3, 0.4) is 0 Å². The second kappa shape index (κ2) is 6.66. The van der Waals surface area contributed by atoms with Crippen molar-refractivity contribution in [2.75, 3.05) is 25.1 Å². The summed E-state index contributed by atoms with van der Waals surface area (Å²) in [6.45, 7) is 6.00. The number of alkyl halides is 2. The van der Waals surface area contributed by atoms with Crippen molar-refractivity contribution in [3.63, 3.8) is 0 Å². The molecule has 0 radical (unpaired) electrons. The number of likely N-dealkylation sites (tertiary alicyclic amines) is 1. The molecule has 24 heavy (non-hydrogen) atoms. The summed E-state index contributed by atoms with van der Waals surface area (Å²) in [7, 11) is 0. The van der Waals surface area contributed by atoms with E-state index in [0.29, 0.717) is 11.6 Å². The summed E-state index contributed by atoms with van der Waals surface area (Å²) in [6.07, 6.45) is 2.31. The number of aromatic nitrogens is 2. The molecule has 0 aliphatic carbocycles. The Balaban J connectivity index is 1.63. The molecule has 1 N–H and O–H groups in total. The van der Waals surface area contributed by atoms with Gasteiger partial charge in [-0.15, -0.1) is 0 Å². The number of hydrogen-bond acceptors (Lipinski definition) is 3. The van der Waals surface area contributed by atoms with E-state index in [1.165, 1.54) is 12.4 Å². The molecule has 1 spiro atoms. The van der Waals surface area contributed by atoms with Crippen LogP contribution in [0, 0.1) is 11.3 Å². The first-order valence-electron chi connectivity index (χ1n) is 8.37. The lowest BCUT2D eigenvalue weighted by atomic mass is 9.63. The van der Waals surface area contributed by atoms with Gasteiger partial charge in [0.25, 0.3) is 6.43 Å². The average Bonchev–Trinajstić information content (AvgIpc) is 2.91. The van der Waals surface area contributed by atoms with Crippen LogP contribution in [0.5, 0.6) is 0 Å². The maximum atomic E-state index is 12.6. The van der Waals surface area contributed by atoms with Crippen molar-refractivity contribution in [2.24, 2.45) is 11.3 Å². The SMILES string of the molecule is CC(C)C1N(C(=O)Nc2cnn(CC(F)F)c2)CC12CCOCC2. The van der Waals surface area contributed by atoms with E-state index in [1.54, 1.807) is 0 Å². The second-order valence-corrected chi connectivity index (χ2v) is 7.06. The summed E-state index contributed by atoms with van der Waals surface area (Å²) in [6, 6.07) is -0.0140. The fraction of sp³-hybridized carbons (Fsp3) is 0.750. The largest absolute Gasteiger partial charge is 0.381 e. The van der Waals surface area contributed by atoms with Gasteiger partial charge in [-0.25, -0.2) is 13.6 Å². The van der Waals surface area contributed by atoms with Crippen LogP contribution < -0.4 is 5.32 Å². The van der Waals surface area contributed by atoms with Crippen molar-refractivity contribution in [1.82, 2.24) is 14.7 Å². The van der Waals surface area contributed by atoms with Crippen LogP contribution in [-0.2, 0) is 11.3 Å². The van der Waals surface area contributed by atoms with Crippen molar-refractivity contribution >= 4 is 11.7 Å². The number of carbonyl (C=O) groups is 1. The Kier molecular flexibility index (Phi) is 4.76. The minimum atomic E-state index is -2.47. The number of rotatable bonds is 4. The number of nitrogens with zero attached hydrogens (tertiary/aromatic N) is 3. The van der Waals surface area contributed by atoms with Crippen LogP contribution in [0.15, 0.2) is 12.4 Å². The quantitative estimate of drug-likeness (QED) is 0.915. The van der Waals surface area contributed by atoms with Gasteiger partial charge in [0.1, 0.15) is 6.54 Å². The first-order chi connectivity index (χ1) is 11.4. The van der Waals surface area contributed by atoms with Crippen molar-refractivity contribution in [2.45, 2.75) is 45.7 Å². The summed E-state index contributed by atoms with van der Waals surface area (Å²) >= 11 is 0. The van der Waals surface area contributed by atoms with Crippen LogP contribution in [0.25, 0.3) is 0 Å². The summed E-state index contributed by atoms with van der Waals surface area (Å²) in [4.78, 5) is 14.4. The Hall–Kier alpha value is -1.70. The molecule has 3 rings (SSSR count). The summed E-state index contributed by atoms with van der Waals surface area (Å²) in [5, 5.41) is 6.61. The first-order valence-corrected chi connectivity index (χ1v) is 8.37. The molecule has 0 saturated carbocycles. The first kappa shape index (κ1) is 17.1. The predicted octanol–water partition coefficient (Wildman–Crippen LogP) is 2.82. The highest BCUT2D eigenvalue weighted by Crippen LogP contribution is 2.48. The fourth-order valence-electron chi connectivity index (χ4n) is 4.11. The highest BCUT2D eigenvalue weighted by atomic mass is 19.3. The summed E-state index contributed by atoms with van der Waals surface area (Å²) in [5.41, 5.74) is 0.597. The molecule has 2 saturated heterocycles. The molecule has 1 aromatic heterocycles. The van der Waals surface area contributed by atoms with E-state index >= 15 is 0 Å². The Morgan fingerprint density at radius 2 is 2.17 bits per heavy atom. The van der Waals surface area contributed by atoms with Crippen molar-refractivity contribution < 1.29 is 18.3 Å². The van der Waals surface area contributed by atoms with E-state index in [-0.39, 0.29) is 17.5 Å². The number of anilines is 1. The molecule has 2 fully saturated rings. The van der Waals surface area contributed by atoms with E-state index in [2.05, 4.69) is 24.3 Å². The lowest BCUT2D eigenvalue weighted by Crippen LogP contribution is -2.70. The van der Waals surface area contributed by atoms with Crippen LogP contribution in [0.4, 0.5) is 19.3 Å². The Bertz CT molecular complexity index is 584. The maximum absolute atomic E-state index is 12.6. The smallest absolute Gasteiger partial charge is 0.322 e. The Labute approximate surface area is 140 Å². The third-order valence-corrected chi connectivity index (χ3v) is 5.04. The zero-order valence-corrected chi connectivity index (χ0v) is 14.0. The molecule has 2 aliphatic heterocycles. The number of nitrogens with one attached hydrogen (secondary N) is 1. The Morgan fingerprint density at radius 3 is 2.79 bits per heavy atom. The molecule has 1 atom stereocenters. The number of urea groups is 1. The standard InChI is InChI=1S/C16H24F2N4O2/c1-11(2)14-16(3-5-24-6-4-16)10-22(14)15(23)20-12-7-19-21(8-12)9-13(17)18/h7-8,11,13-14H,3-6,9-10H2,1-2H3,(H,20,23). The van der Waals surface area contributed by atoms with E-state index in [4.69, 9.17) is 4.74 Å². The fourth-order valence-corrected chi connectivity index (χ4v) is 4.11. The molecule has 1 aromatic rings. The minimum Gasteiger partial charge on any atom is -0.381 e. The highest BCUT2D eigenvalue weighted by molar-refractivity contribution is 5.90. The van der Waals surface area contributed by atoms with Gasteiger partial charge in [-0.2, -0.15) is 5.10 Å². The topological polar surface area (TPSA) is 59.4 Å². The number of hydrogen-bond donors (Lipinski definition) is 1. The van der Waals surface area contributed by atoms with Gasteiger partial charge < -0.3 is 15.0 Å². The van der Waals surface area contributed by atoms with Crippen molar-refractivity contribution in [1.29, 1.82) is 0 Å². The van der Waals surface area contributed by atoms with Crippen LogP contribution in [-0.4, -0.2) is 52.9 Å². The number of carbonyl (C=O) groups excluding carboxylic acids is 1. The zero-order chi connectivity index (χ0) is 17.3. The van der Waals surface area contributed by atoms with Crippen molar-refractivity contribution in [3.8, 4) is 0 Å². The molecule has 3 heterocycles. The van der Waals surface area contributed by atoms with Gasteiger partial charge in [0.05, 0.1) is 11.9 Å². The predicted molar refractivity (Wildman–Crippen MR) is 85.1 cm³/mol.